The molecule has 1 atom stereocenters. The van der Waals surface area contributed by atoms with E-state index in [2.05, 4.69) is 74.9 Å². The molecule has 0 saturated carbocycles. The summed E-state index contributed by atoms with van der Waals surface area (Å²) < 4.78 is 1.12. The van der Waals surface area contributed by atoms with E-state index in [4.69, 9.17) is 0 Å². The number of aromatic nitrogens is 1. The van der Waals surface area contributed by atoms with Crippen molar-refractivity contribution in [2.24, 2.45) is 0 Å². The average Bonchev–Trinajstić information content (AvgIpc) is 2.96. The summed E-state index contributed by atoms with van der Waals surface area (Å²) in [5.74, 6) is 0. The summed E-state index contributed by atoms with van der Waals surface area (Å²) in [6.45, 7) is 2.13. The molecule has 2 nitrogen and oxygen atoms in total. The van der Waals surface area contributed by atoms with Crippen LogP contribution in [0.3, 0.4) is 0 Å². The third-order valence-electron chi connectivity index (χ3n) is 3.14. The van der Waals surface area contributed by atoms with Crippen molar-refractivity contribution < 1.29 is 0 Å². The highest BCUT2D eigenvalue weighted by molar-refractivity contribution is 9.10. The zero-order chi connectivity index (χ0) is 13.2. The van der Waals surface area contributed by atoms with Crippen LogP contribution >= 0.6 is 27.3 Å². The molecule has 0 bridgehead atoms. The van der Waals surface area contributed by atoms with Crippen molar-refractivity contribution in [3.63, 3.8) is 0 Å². The number of halogens is 1. The minimum absolute atomic E-state index is 0.204. The average molecular weight is 333 g/mol. The molecule has 0 saturated heterocycles. The lowest BCUT2D eigenvalue weighted by atomic mass is 10.1. The summed E-state index contributed by atoms with van der Waals surface area (Å²) >= 11 is 5.22. The smallest absolute Gasteiger partial charge is 0.0795 e. The van der Waals surface area contributed by atoms with Crippen LogP contribution in [0.25, 0.3) is 10.8 Å². The van der Waals surface area contributed by atoms with E-state index in [9.17, 15) is 0 Å². The molecule has 0 aliphatic heterocycles. The second kappa shape index (κ2) is 5.31. The zero-order valence-electron chi connectivity index (χ0n) is 10.4. The summed E-state index contributed by atoms with van der Waals surface area (Å²) in [5, 5.41) is 8.06. The molecule has 1 N–H and O–H groups in total. The Morgan fingerprint density at radius 3 is 2.68 bits per heavy atom. The lowest BCUT2D eigenvalue weighted by Gasteiger charge is -2.15. The fourth-order valence-corrected chi connectivity index (χ4v) is 3.26. The van der Waals surface area contributed by atoms with Crippen molar-refractivity contribution in [3.05, 3.63) is 57.5 Å². The molecular weight excluding hydrogens is 320 g/mol. The number of thiazole rings is 1. The van der Waals surface area contributed by atoms with Gasteiger partial charge in [0.05, 0.1) is 17.2 Å². The lowest BCUT2D eigenvalue weighted by Crippen LogP contribution is -2.07. The number of nitrogens with one attached hydrogen (secondary N) is 1. The predicted molar refractivity (Wildman–Crippen MR) is 85.8 cm³/mol. The van der Waals surface area contributed by atoms with Gasteiger partial charge < -0.3 is 5.32 Å². The van der Waals surface area contributed by atoms with Crippen LogP contribution in [-0.2, 0) is 0 Å². The number of fused-ring (bicyclic) bond motifs is 1. The Morgan fingerprint density at radius 1 is 1.16 bits per heavy atom. The highest BCUT2D eigenvalue weighted by Gasteiger charge is 2.10. The van der Waals surface area contributed by atoms with E-state index in [0.717, 1.165) is 15.9 Å². The van der Waals surface area contributed by atoms with Gasteiger partial charge in [-0.2, -0.15) is 0 Å². The molecule has 2 aromatic carbocycles. The van der Waals surface area contributed by atoms with E-state index in [1.165, 1.54) is 10.8 Å². The molecule has 0 radical (unpaired) electrons. The first-order chi connectivity index (χ1) is 9.25. The van der Waals surface area contributed by atoms with Gasteiger partial charge in [-0.1, -0.05) is 40.2 Å². The van der Waals surface area contributed by atoms with Gasteiger partial charge in [-0.3, -0.25) is 0 Å². The maximum Gasteiger partial charge on any atom is 0.0795 e. The van der Waals surface area contributed by atoms with Gasteiger partial charge in [0.15, 0.2) is 0 Å². The van der Waals surface area contributed by atoms with Crippen LogP contribution in [0.5, 0.6) is 0 Å². The molecule has 3 rings (SSSR count). The molecule has 4 heteroatoms. The Bertz CT molecular complexity index is 694. The minimum Gasteiger partial charge on any atom is -0.376 e. The van der Waals surface area contributed by atoms with Crippen molar-refractivity contribution in [1.29, 1.82) is 0 Å². The molecular formula is C15H13BrN2S. The maximum absolute atomic E-state index is 4.36. The number of benzene rings is 2. The Kier molecular flexibility index (Phi) is 3.53. The van der Waals surface area contributed by atoms with Crippen molar-refractivity contribution >= 4 is 43.7 Å². The van der Waals surface area contributed by atoms with Gasteiger partial charge in [0.25, 0.3) is 0 Å². The molecule has 0 aliphatic rings. The largest absolute Gasteiger partial charge is 0.376 e. The van der Waals surface area contributed by atoms with Crippen LogP contribution < -0.4 is 5.32 Å². The normalized spacial score (nSPS) is 12.5. The van der Waals surface area contributed by atoms with Crippen LogP contribution in [0.2, 0.25) is 0 Å². The minimum atomic E-state index is 0.204. The first-order valence-electron chi connectivity index (χ1n) is 6.07. The second-order valence-electron chi connectivity index (χ2n) is 4.42. The molecule has 96 valence electrons. The number of anilines is 1. The van der Waals surface area contributed by atoms with E-state index in [1.807, 2.05) is 5.51 Å². The Hall–Kier alpha value is -1.39. The molecule has 1 aromatic heterocycles. The highest BCUT2D eigenvalue weighted by atomic mass is 79.9. The third kappa shape index (κ3) is 2.51. The number of hydrogen-bond donors (Lipinski definition) is 1. The molecule has 0 amide bonds. The van der Waals surface area contributed by atoms with Crippen molar-refractivity contribution in [1.82, 2.24) is 4.98 Å². The van der Waals surface area contributed by atoms with Crippen molar-refractivity contribution in [2.45, 2.75) is 13.0 Å². The summed E-state index contributed by atoms with van der Waals surface area (Å²) in [7, 11) is 0. The van der Waals surface area contributed by atoms with Gasteiger partial charge in [-0.25, -0.2) is 4.98 Å². The fourth-order valence-electron chi connectivity index (χ4n) is 2.13. The molecule has 1 heterocycles. The fraction of sp³-hybridized carbons (Fsp3) is 0.133. The number of rotatable bonds is 3. The van der Waals surface area contributed by atoms with E-state index in [0.29, 0.717) is 0 Å². The molecule has 1 unspecified atom stereocenters. The van der Waals surface area contributed by atoms with Gasteiger partial charge in [0, 0.05) is 20.9 Å². The lowest BCUT2D eigenvalue weighted by molar-refractivity contribution is 0.852. The van der Waals surface area contributed by atoms with Gasteiger partial charge in [-0.15, -0.1) is 11.3 Å². The first kappa shape index (κ1) is 12.6. The maximum atomic E-state index is 4.36. The summed E-state index contributed by atoms with van der Waals surface area (Å²) in [6, 6.07) is 12.8. The van der Waals surface area contributed by atoms with E-state index < -0.39 is 0 Å². The topological polar surface area (TPSA) is 24.9 Å². The SMILES string of the molecule is CC(Nc1ccc(Br)c2ccccc12)c1cscn1. The van der Waals surface area contributed by atoms with Crippen LogP contribution in [0.1, 0.15) is 18.7 Å². The van der Waals surface area contributed by atoms with Gasteiger partial charge in [-0.05, 0) is 24.4 Å². The second-order valence-corrected chi connectivity index (χ2v) is 5.99. The van der Waals surface area contributed by atoms with Gasteiger partial charge in [0.1, 0.15) is 0 Å². The third-order valence-corrected chi connectivity index (χ3v) is 4.43. The molecule has 0 spiro atoms. The predicted octanol–water partition coefficient (Wildman–Crippen LogP) is 5.23. The van der Waals surface area contributed by atoms with Gasteiger partial charge >= 0.3 is 0 Å². The molecule has 0 fully saturated rings. The summed E-state index contributed by atoms with van der Waals surface area (Å²) in [4.78, 5) is 4.36. The Labute approximate surface area is 124 Å². The monoisotopic (exact) mass is 332 g/mol. The molecule has 19 heavy (non-hydrogen) atoms. The standard InChI is InChI=1S/C15H13BrN2S/c1-10(15-8-19-9-17-15)18-14-7-6-13(16)11-4-2-3-5-12(11)14/h2-10,18H,1H3. The summed E-state index contributed by atoms with van der Waals surface area (Å²) in [5.41, 5.74) is 4.09. The quantitative estimate of drug-likeness (QED) is 0.710. The molecule has 3 aromatic rings. The van der Waals surface area contributed by atoms with E-state index in [-0.39, 0.29) is 6.04 Å². The summed E-state index contributed by atoms with van der Waals surface area (Å²) in [6.07, 6.45) is 0. The van der Waals surface area contributed by atoms with E-state index in [1.54, 1.807) is 11.3 Å². The van der Waals surface area contributed by atoms with Crippen LogP contribution in [0.4, 0.5) is 5.69 Å². The van der Waals surface area contributed by atoms with Crippen LogP contribution in [0, 0.1) is 0 Å². The number of hydrogen-bond acceptors (Lipinski definition) is 3. The Balaban J connectivity index is 2.00. The zero-order valence-corrected chi connectivity index (χ0v) is 12.8. The van der Waals surface area contributed by atoms with Crippen molar-refractivity contribution in [3.8, 4) is 0 Å². The van der Waals surface area contributed by atoms with E-state index >= 15 is 0 Å². The number of nitrogens with zero attached hydrogens (tertiary/aromatic N) is 1. The Morgan fingerprint density at radius 2 is 1.95 bits per heavy atom. The van der Waals surface area contributed by atoms with Gasteiger partial charge in [0.2, 0.25) is 0 Å². The van der Waals surface area contributed by atoms with Crippen molar-refractivity contribution in [2.75, 3.05) is 5.32 Å². The highest BCUT2D eigenvalue weighted by Crippen LogP contribution is 2.31. The first-order valence-corrected chi connectivity index (χ1v) is 7.81. The van der Waals surface area contributed by atoms with Crippen LogP contribution in [0.15, 0.2) is 51.8 Å². The molecule has 0 aliphatic carbocycles. The van der Waals surface area contributed by atoms with Crippen LogP contribution in [-0.4, -0.2) is 4.98 Å².